The van der Waals surface area contributed by atoms with Crippen molar-refractivity contribution in [1.29, 1.82) is 0 Å². The molecule has 0 aromatic carbocycles. The molecule has 6 nitrogen and oxygen atoms in total. The van der Waals surface area contributed by atoms with Crippen LogP contribution in [0.4, 0.5) is 0 Å². The molecule has 0 spiro atoms. The summed E-state index contributed by atoms with van der Waals surface area (Å²) in [6.07, 6.45) is 58.0. The van der Waals surface area contributed by atoms with Crippen LogP contribution in [0.15, 0.2) is 0 Å². The molecular weight excluding hydrogens is 781 g/mol. The number of rotatable bonds is 53. The summed E-state index contributed by atoms with van der Waals surface area (Å²) in [4.78, 5) is 38.1. The van der Waals surface area contributed by atoms with Gasteiger partial charge in [0.15, 0.2) is 6.10 Å². The largest absolute Gasteiger partial charge is 0.462 e. The van der Waals surface area contributed by atoms with E-state index in [1.165, 1.54) is 231 Å². The van der Waals surface area contributed by atoms with Crippen LogP contribution < -0.4 is 0 Å². The second kappa shape index (κ2) is 53.0. The lowest BCUT2D eigenvalue weighted by atomic mass is 10.0. The zero-order valence-electron chi connectivity index (χ0n) is 42.9. The van der Waals surface area contributed by atoms with Gasteiger partial charge in [-0.05, 0) is 19.3 Å². The zero-order chi connectivity index (χ0) is 45.8. The molecule has 1 atom stereocenters. The number of hydrogen-bond acceptors (Lipinski definition) is 6. The predicted molar refractivity (Wildman–Crippen MR) is 270 cm³/mol. The third-order valence-corrected chi connectivity index (χ3v) is 13.1. The number of unbranched alkanes of at least 4 members (excludes halogenated alkanes) is 42. The van der Waals surface area contributed by atoms with Gasteiger partial charge in [-0.2, -0.15) is 0 Å². The van der Waals surface area contributed by atoms with Crippen LogP contribution in [0.1, 0.15) is 329 Å². The Bertz CT molecular complexity index is 936. The second-order valence-electron chi connectivity index (χ2n) is 19.6. The summed E-state index contributed by atoms with van der Waals surface area (Å²) >= 11 is 0. The Hall–Kier alpha value is -1.59. The van der Waals surface area contributed by atoms with E-state index >= 15 is 0 Å². The van der Waals surface area contributed by atoms with Crippen LogP contribution in [-0.4, -0.2) is 37.2 Å². The van der Waals surface area contributed by atoms with Crippen LogP contribution >= 0.6 is 0 Å². The topological polar surface area (TPSA) is 78.9 Å². The highest BCUT2D eigenvalue weighted by Crippen LogP contribution is 2.18. The molecule has 0 aromatic rings. The molecule has 374 valence electrons. The molecule has 0 amide bonds. The van der Waals surface area contributed by atoms with E-state index in [1.54, 1.807) is 0 Å². The Morgan fingerprint density at radius 1 is 0.254 bits per heavy atom. The Kier molecular flexibility index (Phi) is 51.7. The van der Waals surface area contributed by atoms with Crippen LogP contribution in [0.25, 0.3) is 0 Å². The van der Waals surface area contributed by atoms with Crippen molar-refractivity contribution in [3.8, 4) is 0 Å². The fourth-order valence-corrected chi connectivity index (χ4v) is 8.80. The molecule has 0 bridgehead atoms. The molecule has 6 heteroatoms. The molecule has 0 heterocycles. The van der Waals surface area contributed by atoms with Gasteiger partial charge in [0.05, 0.1) is 0 Å². The van der Waals surface area contributed by atoms with Gasteiger partial charge in [0.2, 0.25) is 0 Å². The van der Waals surface area contributed by atoms with Crippen LogP contribution in [0, 0.1) is 0 Å². The van der Waals surface area contributed by atoms with E-state index in [9.17, 15) is 14.4 Å². The van der Waals surface area contributed by atoms with Crippen LogP contribution in [0.2, 0.25) is 0 Å². The van der Waals surface area contributed by atoms with Gasteiger partial charge in [-0.1, -0.05) is 290 Å². The molecule has 0 saturated carbocycles. The highest BCUT2D eigenvalue weighted by molar-refractivity contribution is 5.71. The van der Waals surface area contributed by atoms with Crippen molar-refractivity contribution >= 4 is 17.9 Å². The molecule has 0 radical (unpaired) electrons. The SMILES string of the molecule is CCCCCCCCCCCCCCCCCCCCC(=O)OC[C@@H](COC(=O)CCCCCCCCCCCCCC)OC(=O)CCCCCCCCCCCCCCCCC. The van der Waals surface area contributed by atoms with Crippen molar-refractivity contribution in [2.45, 2.75) is 335 Å². The third kappa shape index (κ3) is 51.3. The van der Waals surface area contributed by atoms with Gasteiger partial charge in [0.1, 0.15) is 13.2 Å². The molecule has 0 aliphatic carbocycles. The molecule has 0 saturated heterocycles. The van der Waals surface area contributed by atoms with E-state index < -0.39 is 6.10 Å². The summed E-state index contributed by atoms with van der Waals surface area (Å²) in [5.74, 6) is -0.834. The molecular formula is C57H110O6. The standard InChI is InChI=1S/C57H110O6/c1-4-7-10-13-16-19-22-25-27-28-29-31-32-35-38-41-44-47-50-56(59)62-53-54(52-61-55(58)49-46-43-40-37-34-24-21-18-15-12-9-6-3)63-57(60)51-48-45-42-39-36-33-30-26-23-20-17-14-11-8-5-2/h54H,4-53H2,1-3H3/t54-/m1/s1. The fraction of sp³-hybridized carbons (Fsp3) is 0.947. The van der Waals surface area contributed by atoms with E-state index in [-0.39, 0.29) is 31.1 Å². The molecule has 0 aliphatic rings. The highest BCUT2D eigenvalue weighted by atomic mass is 16.6. The highest BCUT2D eigenvalue weighted by Gasteiger charge is 2.19. The summed E-state index contributed by atoms with van der Waals surface area (Å²) in [5, 5.41) is 0. The zero-order valence-corrected chi connectivity index (χ0v) is 42.9. The van der Waals surface area contributed by atoms with Crippen LogP contribution in [0.3, 0.4) is 0 Å². The Morgan fingerprint density at radius 2 is 0.429 bits per heavy atom. The lowest BCUT2D eigenvalue weighted by Crippen LogP contribution is -2.30. The number of hydrogen-bond donors (Lipinski definition) is 0. The lowest BCUT2D eigenvalue weighted by Gasteiger charge is -2.18. The van der Waals surface area contributed by atoms with E-state index in [0.29, 0.717) is 19.3 Å². The fourth-order valence-electron chi connectivity index (χ4n) is 8.80. The summed E-state index contributed by atoms with van der Waals surface area (Å²) in [5.41, 5.74) is 0. The van der Waals surface area contributed by atoms with E-state index in [0.717, 1.165) is 57.8 Å². The second-order valence-corrected chi connectivity index (χ2v) is 19.6. The summed E-state index contributed by atoms with van der Waals surface area (Å²) in [7, 11) is 0. The number of carbonyl (C=O) groups excluding carboxylic acids is 3. The monoisotopic (exact) mass is 891 g/mol. The smallest absolute Gasteiger partial charge is 0.306 e. The van der Waals surface area contributed by atoms with Crippen LogP contribution in [-0.2, 0) is 28.6 Å². The first-order valence-corrected chi connectivity index (χ1v) is 28.5. The third-order valence-electron chi connectivity index (χ3n) is 13.1. The Balaban J connectivity index is 4.26. The molecule has 0 aromatic heterocycles. The molecule has 63 heavy (non-hydrogen) atoms. The van der Waals surface area contributed by atoms with Crippen molar-refractivity contribution < 1.29 is 28.6 Å². The van der Waals surface area contributed by atoms with Gasteiger partial charge in [-0.3, -0.25) is 14.4 Å². The molecule has 0 N–H and O–H groups in total. The molecule has 0 aliphatic heterocycles. The number of carbonyl (C=O) groups is 3. The van der Waals surface area contributed by atoms with E-state index in [2.05, 4.69) is 20.8 Å². The molecule has 0 unspecified atom stereocenters. The van der Waals surface area contributed by atoms with Crippen molar-refractivity contribution in [2.75, 3.05) is 13.2 Å². The molecule has 0 fully saturated rings. The van der Waals surface area contributed by atoms with Gasteiger partial charge >= 0.3 is 17.9 Å². The normalized spacial score (nSPS) is 11.9. The van der Waals surface area contributed by atoms with Crippen molar-refractivity contribution in [3.63, 3.8) is 0 Å². The molecule has 0 rings (SSSR count). The first-order valence-electron chi connectivity index (χ1n) is 28.5. The van der Waals surface area contributed by atoms with Gasteiger partial charge in [0, 0.05) is 19.3 Å². The predicted octanol–water partition coefficient (Wildman–Crippen LogP) is 18.8. The maximum atomic E-state index is 12.8. The average molecular weight is 892 g/mol. The average Bonchev–Trinajstić information content (AvgIpc) is 3.28. The summed E-state index contributed by atoms with van der Waals surface area (Å²) < 4.78 is 16.9. The van der Waals surface area contributed by atoms with Crippen molar-refractivity contribution in [1.82, 2.24) is 0 Å². The Morgan fingerprint density at radius 3 is 0.635 bits per heavy atom. The maximum Gasteiger partial charge on any atom is 0.306 e. The number of ether oxygens (including phenoxy) is 3. The van der Waals surface area contributed by atoms with Gasteiger partial charge in [-0.25, -0.2) is 0 Å². The Labute approximate surface area is 393 Å². The summed E-state index contributed by atoms with van der Waals surface area (Å²) in [6.45, 7) is 6.70. The number of esters is 3. The van der Waals surface area contributed by atoms with Crippen molar-refractivity contribution in [2.24, 2.45) is 0 Å². The first-order chi connectivity index (χ1) is 31.0. The lowest BCUT2D eigenvalue weighted by molar-refractivity contribution is -0.167. The minimum atomic E-state index is -0.760. The van der Waals surface area contributed by atoms with Crippen molar-refractivity contribution in [3.05, 3.63) is 0 Å². The quantitative estimate of drug-likeness (QED) is 0.0344. The van der Waals surface area contributed by atoms with Gasteiger partial charge in [-0.15, -0.1) is 0 Å². The first kappa shape index (κ1) is 61.4. The van der Waals surface area contributed by atoms with Gasteiger partial charge in [0.25, 0.3) is 0 Å². The van der Waals surface area contributed by atoms with Crippen LogP contribution in [0.5, 0.6) is 0 Å². The van der Waals surface area contributed by atoms with Gasteiger partial charge < -0.3 is 14.2 Å². The minimum absolute atomic E-state index is 0.0611. The van der Waals surface area contributed by atoms with E-state index in [1.807, 2.05) is 0 Å². The maximum absolute atomic E-state index is 12.8. The van der Waals surface area contributed by atoms with E-state index in [4.69, 9.17) is 14.2 Å². The summed E-state index contributed by atoms with van der Waals surface area (Å²) in [6, 6.07) is 0. The minimum Gasteiger partial charge on any atom is -0.462 e.